The summed E-state index contributed by atoms with van der Waals surface area (Å²) < 4.78 is 14.2. The van der Waals surface area contributed by atoms with Crippen molar-refractivity contribution in [3.63, 3.8) is 0 Å². The Kier molecular flexibility index (Phi) is 5.38. The molecule has 0 aromatic heterocycles. The van der Waals surface area contributed by atoms with Gasteiger partial charge < -0.3 is 10.0 Å². The van der Waals surface area contributed by atoms with Crippen molar-refractivity contribution in [1.29, 1.82) is 0 Å². The Morgan fingerprint density at radius 1 is 1.25 bits per heavy atom. The van der Waals surface area contributed by atoms with E-state index in [4.69, 9.17) is 0 Å². The zero-order chi connectivity index (χ0) is 14.5. The van der Waals surface area contributed by atoms with Gasteiger partial charge in [-0.3, -0.25) is 4.90 Å². The number of benzene rings is 1. The van der Waals surface area contributed by atoms with Gasteiger partial charge in [0, 0.05) is 32.7 Å². The topological polar surface area (TPSA) is 26.7 Å². The van der Waals surface area contributed by atoms with Gasteiger partial charge in [-0.05, 0) is 44.4 Å². The number of aliphatic hydroxyl groups excluding tert-OH is 1. The summed E-state index contributed by atoms with van der Waals surface area (Å²) in [5.41, 5.74) is 1.70. The molecule has 0 bridgehead atoms. The predicted molar refractivity (Wildman–Crippen MR) is 80.5 cm³/mol. The van der Waals surface area contributed by atoms with Gasteiger partial charge in [-0.25, -0.2) is 4.39 Å². The minimum absolute atomic E-state index is 0.136. The van der Waals surface area contributed by atoms with Gasteiger partial charge in [-0.1, -0.05) is 6.07 Å². The third kappa shape index (κ3) is 3.70. The van der Waals surface area contributed by atoms with Crippen molar-refractivity contribution in [2.75, 3.05) is 31.1 Å². The first kappa shape index (κ1) is 15.3. The molecule has 0 aliphatic carbocycles. The quantitative estimate of drug-likeness (QED) is 0.898. The molecule has 20 heavy (non-hydrogen) atoms. The lowest BCUT2D eigenvalue weighted by atomic mass is 10.1. The number of aliphatic hydroxyl groups is 1. The number of anilines is 1. The molecule has 1 aromatic carbocycles. The number of rotatable bonds is 5. The van der Waals surface area contributed by atoms with E-state index in [1.165, 1.54) is 0 Å². The van der Waals surface area contributed by atoms with E-state index >= 15 is 0 Å². The second-order valence-corrected chi connectivity index (χ2v) is 5.47. The van der Waals surface area contributed by atoms with Crippen LogP contribution in [-0.2, 0) is 6.54 Å². The van der Waals surface area contributed by atoms with Crippen molar-refractivity contribution in [3.8, 4) is 0 Å². The Balaban J connectivity index is 2.01. The lowest BCUT2D eigenvalue weighted by Gasteiger charge is -2.29. The van der Waals surface area contributed by atoms with Crippen LogP contribution in [0.4, 0.5) is 10.1 Å². The Morgan fingerprint density at radius 3 is 2.45 bits per heavy atom. The van der Waals surface area contributed by atoms with Crippen LogP contribution in [0, 0.1) is 5.82 Å². The first-order valence-electron chi connectivity index (χ1n) is 7.57. The minimum atomic E-state index is -0.159. The molecule has 3 nitrogen and oxygen atoms in total. The van der Waals surface area contributed by atoms with Crippen molar-refractivity contribution in [3.05, 3.63) is 29.6 Å². The smallest absolute Gasteiger partial charge is 0.146 e. The largest absolute Gasteiger partial charge is 0.393 e. The molecule has 1 aliphatic heterocycles. The molecule has 4 heteroatoms. The monoisotopic (exact) mass is 280 g/mol. The van der Waals surface area contributed by atoms with Crippen LogP contribution in [0.2, 0.25) is 0 Å². The highest BCUT2D eigenvalue weighted by Crippen LogP contribution is 2.22. The summed E-state index contributed by atoms with van der Waals surface area (Å²) in [4.78, 5) is 4.30. The third-order valence-electron chi connectivity index (χ3n) is 4.08. The Bertz CT molecular complexity index is 426. The fourth-order valence-electron chi connectivity index (χ4n) is 2.81. The van der Waals surface area contributed by atoms with Crippen molar-refractivity contribution < 1.29 is 9.50 Å². The van der Waals surface area contributed by atoms with Gasteiger partial charge >= 0.3 is 0 Å². The highest BCUT2D eigenvalue weighted by molar-refractivity contribution is 5.49. The third-order valence-corrected chi connectivity index (χ3v) is 4.08. The van der Waals surface area contributed by atoms with Crippen LogP contribution in [0.1, 0.15) is 32.3 Å². The highest BCUT2D eigenvalue weighted by atomic mass is 19.1. The van der Waals surface area contributed by atoms with E-state index in [0.29, 0.717) is 5.69 Å². The van der Waals surface area contributed by atoms with E-state index in [1.54, 1.807) is 6.07 Å². The van der Waals surface area contributed by atoms with Crippen molar-refractivity contribution in [2.24, 2.45) is 0 Å². The summed E-state index contributed by atoms with van der Waals surface area (Å²) in [5.74, 6) is -0.136. The molecular formula is C16H25FN2O. The predicted octanol–water partition coefficient (Wildman–Crippen LogP) is 2.63. The molecule has 1 fully saturated rings. The van der Waals surface area contributed by atoms with E-state index in [9.17, 15) is 9.50 Å². The van der Waals surface area contributed by atoms with Gasteiger partial charge in [0.15, 0.2) is 0 Å². The molecule has 0 atom stereocenters. The van der Waals surface area contributed by atoms with Crippen molar-refractivity contribution >= 4 is 5.69 Å². The summed E-state index contributed by atoms with van der Waals surface area (Å²) in [6.07, 6.45) is 1.48. The molecule has 1 heterocycles. The number of halogens is 1. The molecule has 0 saturated carbocycles. The van der Waals surface area contributed by atoms with Crippen LogP contribution < -0.4 is 4.90 Å². The summed E-state index contributed by atoms with van der Waals surface area (Å²) in [5, 5.41) is 9.50. The van der Waals surface area contributed by atoms with E-state index in [-0.39, 0.29) is 11.9 Å². The number of hydrogen-bond donors (Lipinski definition) is 1. The van der Waals surface area contributed by atoms with Gasteiger partial charge in [-0.2, -0.15) is 0 Å². The fraction of sp³-hybridized carbons (Fsp3) is 0.625. The zero-order valence-electron chi connectivity index (χ0n) is 12.5. The van der Waals surface area contributed by atoms with E-state index in [2.05, 4.69) is 4.90 Å². The number of nitrogens with zero attached hydrogens (tertiary/aromatic N) is 2. The van der Waals surface area contributed by atoms with Crippen LogP contribution >= 0.6 is 0 Å². The second-order valence-electron chi connectivity index (χ2n) is 5.47. The Morgan fingerprint density at radius 2 is 1.90 bits per heavy atom. The average molecular weight is 280 g/mol. The maximum absolute atomic E-state index is 14.2. The van der Waals surface area contributed by atoms with E-state index < -0.39 is 0 Å². The van der Waals surface area contributed by atoms with Crippen LogP contribution in [0.25, 0.3) is 0 Å². The molecule has 1 N–H and O–H groups in total. The molecule has 112 valence electrons. The standard InChI is InChI=1S/C16H25FN2O/c1-3-19(4-2)16-6-5-13(11-15(16)17)12-18-9-7-14(20)8-10-18/h5-6,11,14,20H,3-4,7-10,12H2,1-2H3. The Hall–Kier alpha value is -1.13. The molecular weight excluding hydrogens is 255 g/mol. The number of piperidine rings is 1. The number of hydrogen-bond acceptors (Lipinski definition) is 3. The van der Waals surface area contributed by atoms with Crippen LogP contribution in [0.5, 0.6) is 0 Å². The molecule has 1 aromatic rings. The molecule has 1 aliphatic rings. The van der Waals surface area contributed by atoms with Gasteiger partial charge in [0.25, 0.3) is 0 Å². The molecule has 0 amide bonds. The van der Waals surface area contributed by atoms with Gasteiger partial charge in [-0.15, -0.1) is 0 Å². The van der Waals surface area contributed by atoms with Crippen LogP contribution in [-0.4, -0.2) is 42.3 Å². The van der Waals surface area contributed by atoms with Gasteiger partial charge in [0.2, 0.25) is 0 Å². The lowest BCUT2D eigenvalue weighted by Crippen LogP contribution is -2.35. The lowest BCUT2D eigenvalue weighted by molar-refractivity contribution is 0.0792. The van der Waals surface area contributed by atoms with Crippen LogP contribution in [0.15, 0.2) is 18.2 Å². The molecule has 0 spiro atoms. The molecule has 2 rings (SSSR count). The Labute approximate surface area is 121 Å². The summed E-state index contributed by atoms with van der Waals surface area (Å²) >= 11 is 0. The molecule has 0 radical (unpaired) electrons. The maximum atomic E-state index is 14.2. The average Bonchev–Trinajstić information content (AvgIpc) is 2.45. The summed E-state index contributed by atoms with van der Waals surface area (Å²) in [6, 6.07) is 5.55. The normalized spacial score (nSPS) is 17.4. The molecule has 0 unspecified atom stereocenters. The minimum Gasteiger partial charge on any atom is -0.393 e. The van der Waals surface area contributed by atoms with Gasteiger partial charge in [0.1, 0.15) is 5.82 Å². The first-order chi connectivity index (χ1) is 9.63. The SMILES string of the molecule is CCN(CC)c1ccc(CN2CCC(O)CC2)cc1F. The number of likely N-dealkylation sites (tertiary alicyclic amines) is 1. The van der Waals surface area contributed by atoms with E-state index in [0.717, 1.165) is 51.1 Å². The van der Waals surface area contributed by atoms with Crippen molar-refractivity contribution in [2.45, 2.75) is 39.3 Å². The van der Waals surface area contributed by atoms with E-state index in [1.807, 2.05) is 30.9 Å². The second kappa shape index (κ2) is 7.04. The first-order valence-corrected chi connectivity index (χ1v) is 7.57. The highest BCUT2D eigenvalue weighted by Gasteiger charge is 2.17. The summed E-state index contributed by atoms with van der Waals surface area (Å²) in [7, 11) is 0. The maximum Gasteiger partial charge on any atom is 0.146 e. The van der Waals surface area contributed by atoms with Crippen molar-refractivity contribution in [1.82, 2.24) is 4.90 Å². The molecule has 1 saturated heterocycles. The fourth-order valence-corrected chi connectivity index (χ4v) is 2.81. The van der Waals surface area contributed by atoms with Gasteiger partial charge in [0.05, 0.1) is 11.8 Å². The zero-order valence-corrected chi connectivity index (χ0v) is 12.5. The summed E-state index contributed by atoms with van der Waals surface area (Å²) in [6.45, 7) is 8.25. The van der Waals surface area contributed by atoms with Crippen LogP contribution in [0.3, 0.4) is 0 Å².